The number of nitrogens with two attached hydrogens (primary N) is 1. The van der Waals surface area contributed by atoms with E-state index < -0.39 is 0 Å². The van der Waals surface area contributed by atoms with Gasteiger partial charge >= 0.3 is 0 Å². The van der Waals surface area contributed by atoms with E-state index in [0.717, 1.165) is 18.2 Å². The van der Waals surface area contributed by atoms with Gasteiger partial charge in [0.15, 0.2) is 0 Å². The van der Waals surface area contributed by atoms with E-state index in [9.17, 15) is 0 Å². The van der Waals surface area contributed by atoms with Crippen molar-refractivity contribution in [3.63, 3.8) is 0 Å². The van der Waals surface area contributed by atoms with Gasteiger partial charge in [0.2, 0.25) is 0 Å². The summed E-state index contributed by atoms with van der Waals surface area (Å²) in [6, 6.07) is 6.42. The second kappa shape index (κ2) is 2.99. The van der Waals surface area contributed by atoms with Gasteiger partial charge in [0.1, 0.15) is 0 Å². The fraction of sp³-hybridized carbons (Fsp3) is 0.500. The van der Waals surface area contributed by atoms with Gasteiger partial charge in [0.05, 0.1) is 0 Å². The lowest BCUT2D eigenvalue weighted by molar-refractivity contribution is 0.318. The highest BCUT2D eigenvalue weighted by molar-refractivity contribution is 5.47. The Bertz CT molecular complexity index is 359. The Balaban J connectivity index is 2.06. The molecule has 1 aromatic carbocycles. The highest BCUT2D eigenvalue weighted by Gasteiger charge is 2.29. The van der Waals surface area contributed by atoms with Crippen LogP contribution < -0.4 is 11.1 Å². The minimum Gasteiger partial charge on any atom is -0.399 e. The Labute approximate surface area is 84.5 Å². The van der Waals surface area contributed by atoms with E-state index in [2.05, 4.69) is 17.4 Å². The second-order valence-corrected chi connectivity index (χ2v) is 4.62. The lowest BCUT2D eigenvalue weighted by Gasteiger charge is -2.36. The van der Waals surface area contributed by atoms with Crippen LogP contribution in [0, 0.1) is 5.92 Å². The first-order chi connectivity index (χ1) is 6.83. The highest BCUT2D eigenvalue weighted by Crippen LogP contribution is 2.37. The monoisotopic (exact) mass is 188 g/mol. The smallest absolute Gasteiger partial charge is 0.0317 e. The summed E-state index contributed by atoms with van der Waals surface area (Å²) in [6.07, 6.45) is 2.59. The van der Waals surface area contributed by atoms with Crippen LogP contribution in [0.15, 0.2) is 18.2 Å². The molecule has 2 nitrogen and oxygen atoms in total. The molecule has 1 heterocycles. The molecule has 3 rings (SSSR count). The number of fused-ring (bicyclic) bond motifs is 4. The van der Waals surface area contributed by atoms with Crippen molar-refractivity contribution >= 4 is 5.69 Å². The summed E-state index contributed by atoms with van der Waals surface area (Å²) in [4.78, 5) is 0. The predicted octanol–water partition coefficient (Wildman–Crippen LogP) is 1.52. The number of rotatable bonds is 0. The second-order valence-electron chi connectivity index (χ2n) is 4.62. The van der Waals surface area contributed by atoms with E-state index in [1.54, 1.807) is 0 Å². The van der Waals surface area contributed by atoms with Crippen molar-refractivity contribution in [1.82, 2.24) is 5.32 Å². The van der Waals surface area contributed by atoms with Crippen LogP contribution in [0.2, 0.25) is 0 Å². The molecule has 2 aliphatic rings. The van der Waals surface area contributed by atoms with Crippen molar-refractivity contribution in [2.75, 3.05) is 18.8 Å². The number of nitrogen functional groups attached to an aromatic ring is 1. The Morgan fingerprint density at radius 3 is 3.14 bits per heavy atom. The Kier molecular flexibility index (Phi) is 1.77. The quantitative estimate of drug-likeness (QED) is 0.606. The molecule has 0 amide bonds. The minimum atomic E-state index is 0.709. The van der Waals surface area contributed by atoms with Crippen molar-refractivity contribution in [2.24, 2.45) is 5.92 Å². The zero-order chi connectivity index (χ0) is 9.54. The maximum atomic E-state index is 5.83. The molecule has 1 saturated heterocycles. The average Bonchev–Trinajstić information content (AvgIpc) is 2.20. The van der Waals surface area contributed by atoms with Gasteiger partial charge < -0.3 is 11.1 Å². The highest BCUT2D eigenvalue weighted by atomic mass is 14.9. The van der Waals surface area contributed by atoms with Crippen LogP contribution in [0.5, 0.6) is 0 Å². The third-order valence-electron chi connectivity index (χ3n) is 3.56. The molecule has 2 atom stereocenters. The van der Waals surface area contributed by atoms with Gasteiger partial charge in [-0.3, -0.25) is 0 Å². The standard InChI is InChI=1S/C12H16N2/c13-11-2-1-9-3-8-4-10(7-14-6-8)12(9)5-11/h1-2,5,8,10,14H,3-4,6-7,13H2. The maximum Gasteiger partial charge on any atom is 0.0317 e. The lowest BCUT2D eigenvalue weighted by atomic mass is 9.74. The Hall–Kier alpha value is -1.02. The van der Waals surface area contributed by atoms with Gasteiger partial charge in [0, 0.05) is 12.2 Å². The van der Waals surface area contributed by atoms with Gasteiger partial charge in [-0.25, -0.2) is 0 Å². The van der Waals surface area contributed by atoms with Crippen molar-refractivity contribution < 1.29 is 0 Å². The minimum absolute atomic E-state index is 0.709. The van der Waals surface area contributed by atoms with E-state index in [1.807, 2.05) is 6.07 Å². The Morgan fingerprint density at radius 2 is 2.21 bits per heavy atom. The average molecular weight is 188 g/mol. The summed E-state index contributed by atoms with van der Waals surface area (Å²) in [5.74, 6) is 1.56. The van der Waals surface area contributed by atoms with E-state index in [4.69, 9.17) is 5.73 Å². The van der Waals surface area contributed by atoms with E-state index in [-0.39, 0.29) is 0 Å². The van der Waals surface area contributed by atoms with Crippen molar-refractivity contribution in [3.8, 4) is 0 Å². The van der Waals surface area contributed by atoms with Crippen molar-refractivity contribution in [1.29, 1.82) is 0 Å². The molecular weight excluding hydrogens is 172 g/mol. The summed E-state index contributed by atoms with van der Waals surface area (Å²) >= 11 is 0. The number of benzene rings is 1. The molecule has 3 N–H and O–H groups in total. The SMILES string of the molecule is Nc1ccc2c(c1)C1CNCC(C2)C1. The van der Waals surface area contributed by atoms with Crippen LogP contribution >= 0.6 is 0 Å². The van der Waals surface area contributed by atoms with Crippen molar-refractivity contribution in [3.05, 3.63) is 29.3 Å². The van der Waals surface area contributed by atoms with Gasteiger partial charge in [-0.1, -0.05) is 6.07 Å². The summed E-state index contributed by atoms with van der Waals surface area (Å²) in [5, 5.41) is 3.51. The molecule has 74 valence electrons. The van der Waals surface area contributed by atoms with Gasteiger partial charge in [-0.2, -0.15) is 0 Å². The molecule has 1 aliphatic carbocycles. The van der Waals surface area contributed by atoms with Crippen LogP contribution in [-0.2, 0) is 6.42 Å². The van der Waals surface area contributed by atoms with Crippen LogP contribution in [-0.4, -0.2) is 13.1 Å². The third kappa shape index (κ3) is 1.22. The summed E-state index contributed by atoms with van der Waals surface area (Å²) in [7, 11) is 0. The van der Waals surface area contributed by atoms with Crippen LogP contribution in [0.1, 0.15) is 23.5 Å². The Morgan fingerprint density at radius 1 is 1.29 bits per heavy atom. The summed E-state index contributed by atoms with van der Waals surface area (Å²) in [5.41, 5.74) is 9.76. The summed E-state index contributed by atoms with van der Waals surface area (Å²) < 4.78 is 0. The molecule has 1 aliphatic heterocycles. The third-order valence-corrected chi connectivity index (χ3v) is 3.56. The number of hydrogen-bond acceptors (Lipinski definition) is 2. The molecule has 0 radical (unpaired) electrons. The zero-order valence-electron chi connectivity index (χ0n) is 8.29. The van der Waals surface area contributed by atoms with Gasteiger partial charge in [0.25, 0.3) is 0 Å². The van der Waals surface area contributed by atoms with Gasteiger partial charge in [-0.15, -0.1) is 0 Å². The van der Waals surface area contributed by atoms with Crippen molar-refractivity contribution in [2.45, 2.75) is 18.8 Å². The maximum absolute atomic E-state index is 5.83. The number of hydrogen-bond donors (Lipinski definition) is 2. The van der Waals surface area contributed by atoms with Crippen LogP contribution in [0.25, 0.3) is 0 Å². The molecular formula is C12H16N2. The van der Waals surface area contributed by atoms with E-state index in [1.165, 1.54) is 30.5 Å². The largest absolute Gasteiger partial charge is 0.399 e. The molecule has 0 aromatic heterocycles. The topological polar surface area (TPSA) is 38.0 Å². The molecule has 2 bridgehead atoms. The lowest BCUT2D eigenvalue weighted by Crippen LogP contribution is -2.39. The number of anilines is 1. The first-order valence-electron chi connectivity index (χ1n) is 5.42. The number of nitrogens with one attached hydrogen (secondary N) is 1. The number of piperidine rings is 1. The van der Waals surface area contributed by atoms with Gasteiger partial charge in [-0.05, 0) is 54.5 Å². The molecule has 2 unspecified atom stereocenters. The summed E-state index contributed by atoms with van der Waals surface area (Å²) in [6.45, 7) is 2.33. The molecule has 1 aromatic rings. The fourth-order valence-electron chi connectivity index (χ4n) is 2.91. The first kappa shape index (κ1) is 8.30. The predicted molar refractivity (Wildman–Crippen MR) is 58.3 cm³/mol. The van der Waals surface area contributed by atoms with Crippen LogP contribution in [0.3, 0.4) is 0 Å². The first-order valence-corrected chi connectivity index (χ1v) is 5.42. The normalized spacial score (nSPS) is 29.7. The molecule has 2 heteroatoms. The molecule has 1 fully saturated rings. The van der Waals surface area contributed by atoms with Crippen LogP contribution in [0.4, 0.5) is 5.69 Å². The molecule has 0 spiro atoms. The van der Waals surface area contributed by atoms with E-state index >= 15 is 0 Å². The zero-order valence-corrected chi connectivity index (χ0v) is 8.29. The molecule has 14 heavy (non-hydrogen) atoms. The van der Waals surface area contributed by atoms with E-state index in [0.29, 0.717) is 5.92 Å². The fourth-order valence-corrected chi connectivity index (χ4v) is 2.91. The molecule has 0 saturated carbocycles.